The van der Waals surface area contributed by atoms with E-state index in [0.29, 0.717) is 41.2 Å². The highest BCUT2D eigenvalue weighted by Gasteiger charge is 2.16. The number of hydrogen-bond donors (Lipinski definition) is 1. The van der Waals surface area contributed by atoms with Crippen LogP contribution >= 0.6 is 23.4 Å². The zero-order valence-corrected chi connectivity index (χ0v) is 16.2. The van der Waals surface area contributed by atoms with Crippen LogP contribution in [0, 0.1) is 0 Å². The standard InChI is InChI=1S/C20H22ClNO3S/c1-14(16-6-3-2-4-7-16)22-19(23)13-26-12-15-10-17(21)20-18(11-15)24-8-5-9-25-20/h2-4,6-7,10-11,14H,5,8-9,12-13H2,1H3,(H,22,23)/t14-/m0/s1. The second-order valence-corrected chi connectivity index (χ2v) is 7.54. The van der Waals surface area contributed by atoms with Crippen molar-refractivity contribution in [2.24, 2.45) is 0 Å². The van der Waals surface area contributed by atoms with E-state index in [4.69, 9.17) is 21.1 Å². The monoisotopic (exact) mass is 391 g/mol. The van der Waals surface area contributed by atoms with Crippen LogP contribution in [0.2, 0.25) is 5.02 Å². The van der Waals surface area contributed by atoms with E-state index in [9.17, 15) is 4.79 Å². The molecule has 0 aromatic heterocycles. The molecule has 138 valence electrons. The van der Waals surface area contributed by atoms with Gasteiger partial charge in [-0.25, -0.2) is 0 Å². The molecule has 0 unspecified atom stereocenters. The molecule has 2 aromatic rings. The third kappa shape index (κ3) is 5.08. The number of halogens is 1. The first-order valence-corrected chi connectivity index (χ1v) is 10.2. The SMILES string of the molecule is C[C@H](NC(=O)CSCc1cc(Cl)c2c(c1)OCCCO2)c1ccccc1. The minimum absolute atomic E-state index is 0.00297. The van der Waals surface area contributed by atoms with E-state index in [2.05, 4.69) is 5.32 Å². The summed E-state index contributed by atoms with van der Waals surface area (Å²) in [6.07, 6.45) is 0.842. The van der Waals surface area contributed by atoms with E-state index in [1.807, 2.05) is 49.4 Å². The van der Waals surface area contributed by atoms with Crippen LogP contribution in [-0.4, -0.2) is 24.9 Å². The summed E-state index contributed by atoms with van der Waals surface area (Å²) < 4.78 is 11.3. The molecule has 0 fully saturated rings. The van der Waals surface area contributed by atoms with Crippen LogP contribution < -0.4 is 14.8 Å². The van der Waals surface area contributed by atoms with Crippen molar-refractivity contribution in [2.75, 3.05) is 19.0 Å². The number of carbonyl (C=O) groups excluding carboxylic acids is 1. The number of thioether (sulfide) groups is 1. The van der Waals surface area contributed by atoms with Crippen molar-refractivity contribution in [1.82, 2.24) is 5.32 Å². The Labute approximate surface area is 163 Å². The van der Waals surface area contributed by atoms with E-state index < -0.39 is 0 Å². The van der Waals surface area contributed by atoms with Crippen molar-refractivity contribution in [2.45, 2.75) is 25.1 Å². The van der Waals surface area contributed by atoms with Crippen LogP contribution in [0.3, 0.4) is 0 Å². The Balaban J connectivity index is 1.51. The minimum atomic E-state index is -0.00297. The van der Waals surface area contributed by atoms with Gasteiger partial charge in [-0.05, 0) is 30.2 Å². The second kappa shape index (κ2) is 9.19. The predicted octanol–water partition coefficient (Wildman–Crippen LogP) is 4.61. The van der Waals surface area contributed by atoms with Crippen molar-refractivity contribution >= 4 is 29.3 Å². The lowest BCUT2D eigenvalue weighted by atomic mass is 10.1. The van der Waals surface area contributed by atoms with E-state index >= 15 is 0 Å². The molecule has 0 saturated carbocycles. The van der Waals surface area contributed by atoms with Gasteiger partial charge in [-0.15, -0.1) is 11.8 Å². The number of nitrogens with one attached hydrogen (secondary N) is 1. The third-order valence-electron chi connectivity index (χ3n) is 4.04. The highest BCUT2D eigenvalue weighted by Crippen LogP contribution is 2.38. The summed E-state index contributed by atoms with van der Waals surface area (Å²) in [6.45, 7) is 3.22. The number of benzene rings is 2. The number of ether oxygens (including phenoxy) is 2. The largest absolute Gasteiger partial charge is 0.489 e. The molecule has 26 heavy (non-hydrogen) atoms. The maximum Gasteiger partial charge on any atom is 0.230 e. The Morgan fingerprint density at radius 2 is 2.00 bits per heavy atom. The van der Waals surface area contributed by atoms with Crippen LogP contribution in [0.25, 0.3) is 0 Å². The summed E-state index contributed by atoms with van der Waals surface area (Å²) in [5.41, 5.74) is 2.12. The number of rotatable bonds is 6. The minimum Gasteiger partial charge on any atom is -0.489 e. The molecule has 1 aliphatic heterocycles. The topological polar surface area (TPSA) is 47.6 Å². The fourth-order valence-electron chi connectivity index (χ4n) is 2.74. The van der Waals surface area contributed by atoms with Gasteiger partial charge in [-0.3, -0.25) is 4.79 Å². The summed E-state index contributed by atoms with van der Waals surface area (Å²) in [6, 6.07) is 13.8. The maximum absolute atomic E-state index is 12.2. The van der Waals surface area contributed by atoms with Crippen LogP contribution in [0.15, 0.2) is 42.5 Å². The lowest BCUT2D eigenvalue weighted by Gasteiger charge is -2.14. The first-order chi connectivity index (χ1) is 12.6. The molecule has 1 N–H and O–H groups in total. The fourth-order valence-corrected chi connectivity index (χ4v) is 3.80. The molecule has 0 radical (unpaired) electrons. The molecular weight excluding hydrogens is 370 g/mol. The molecule has 0 saturated heterocycles. The zero-order valence-electron chi connectivity index (χ0n) is 14.7. The lowest BCUT2D eigenvalue weighted by molar-refractivity contribution is -0.119. The number of amides is 1. The van der Waals surface area contributed by atoms with Gasteiger partial charge >= 0.3 is 0 Å². The average molecular weight is 392 g/mol. The molecule has 2 aromatic carbocycles. The number of carbonyl (C=O) groups is 1. The van der Waals surface area contributed by atoms with Gasteiger partial charge in [0, 0.05) is 12.2 Å². The molecule has 1 atom stereocenters. The van der Waals surface area contributed by atoms with Crippen molar-refractivity contribution in [1.29, 1.82) is 0 Å². The molecule has 0 aliphatic carbocycles. The first-order valence-electron chi connectivity index (χ1n) is 8.63. The Kier molecular flexibility index (Phi) is 6.69. The fraction of sp³-hybridized carbons (Fsp3) is 0.350. The highest BCUT2D eigenvalue weighted by atomic mass is 35.5. The van der Waals surface area contributed by atoms with Gasteiger partial charge in [0.05, 0.1) is 30.0 Å². The quantitative estimate of drug-likeness (QED) is 0.781. The maximum atomic E-state index is 12.2. The normalized spacial score (nSPS) is 14.4. The van der Waals surface area contributed by atoms with Crippen LogP contribution in [0.1, 0.15) is 30.5 Å². The molecule has 0 bridgehead atoms. The Bertz CT molecular complexity index is 754. The number of hydrogen-bond acceptors (Lipinski definition) is 4. The van der Waals surface area contributed by atoms with Gasteiger partial charge in [-0.2, -0.15) is 0 Å². The molecule has 1 heterocycles. The first kappa shape index (κ1) is 18.9. The Morgan fingerprint density at radius 1 is 1.23 bits per heavy atom. The molecule has 4 nitrogen and oxygen atoms in total. The third-order valence-corrected chi connectivity index (χ3v) is 5.33. The Hall–Kier alpha value is -1.85. The summed E-state index contributed by atoms with van der Waals surface area (Å²) in [5.74, 6) is 2.40. The molecule has 3 rings (SSSR count). The van der Waals surface area contributed by atoms with Gasteiger partial charge in [0.15, 0.2) is 11.5 Å². The van der Waals surface area contributed by atoms with E-state index in [1.165, 1.54) is 0 Å². The van der Waals surface area contributed by atoms with E-state index in [0.717, 1.165) is 17.5 Å². The Morgan fingerprint density at radius 3 is 2.81 bits per heavy atom. The summed E-state index contributed by atoms with van der Waals surface area (Å²) in [4.78, 5) is 12.2. The second-order valence-electron chi connectivity index (χ2n) is 6.15. The van der Waals surface area contributed by atoms with E-state index in [-0.39, 0.29) is 11.9 Å². The summed E-state index contributed by atoms with van der Waals surface area (Å²) in [5, 5.41) is 3.58. The number of fused-ring (bicyclic) bond motifs is 1. The zero-order chi connectivity index (χ0) is 18.4. The molecule has 1 amide bonds. The molecule has 6 heteroatoms. The van der Waals surface area contributed by atoms with Crippen molar-refractivity contribution in [3.8, 4) is 11.5 Å². The van der Waals surface area contributed by atoms with Gasteiger partial charge in [0.1, 0.15) is 0 Å². The summed E-state index contributed by atoms with van der Waals surface area (Å²) in [7, 11) is 0. The van der Waals surface area contributed by atoms with Crippen molar-refractivity contribution < 1.29 is 14.3 Å². The average Bonchev–Trinajstić information content (AvgIpc) is 2.88. The van der Waals surface area contributed by atoms with Crippen molar-refractivity contribution in [3.63, 3.8) is 0 Å². The van der Waals surface area contributed by atoms with Crippen LogP contribution in [0.5, 0.6) is 11.5 Å². The van der Waals surface area contributed by atoms with Gasteiger partial charge < -0.3 is 14.8 Å². The molecule has 0 spiro atoms. The predicted molar refractivity (Wildman–Crippen MR) is 106 cm³/mol. The summed E-state index contributed by atoms with van der Waals surface area (Å²) >= 11 is 7.85. The highest BCUT2D eigenvalue weighted by molar-refractivity contribution is 7.99. The van der Waals surface area contributed by atoms with Gasteiger partial charge in [0.2, 0.25) is 5.91 Å². The lowest BCUT2D eigenvalue weighted by Crippen LogP contribution is -2.28. The van der Waals surface area contributed by atoms with Gasteiger partial charge in [-0.1, -0.05) is 41.9 Å². The van der Waals surface area contributed by atoms with Gasteiger partial charge in [0.25, 0.3) is 0 Å². The smallest absolute Gasteiger partial charge is 0.230 e. The van der Waals surface area contributed by atoms with E-state index in [1.54, 1.807) is 11.8 Å². The van der Waals surface area contributed by atoms with Crippen molar-refractivity contribution in [3.05, 3.63) is 58.6 Å². The van der Waals surface area contributed by atoms with Crippen LogP contribution in [-0.2, 0) is 10.5 Å². The molecular formula is C20H22ClNO3S. The van der Waals surface area contributed by atoms with Crippen LogP contribution in [0.4, 0.5) is 0 Å². The molecule has 1 aliphatic rings.